The lowest BCUT2D eigenvalue weighted by molar-refractivity contribution is -0.127. The van der Waals surface area contributed by atoms with Crippen LogP contribution in [0, 0.1) is 0 Å². The van der Waals surface area contributed by atoms with Crippen molar-refractivity contribution in [3.8, 4) is 5.75 Å². The highest BCUT2D eigenvalue weighted by Gasteiger charge is 2.27. The molecule has 2 amide bonds. The molecule has 0 radical (unpaired) electrons. The number of nitrogens with one attached hydrogen (secondary N) is 2. The van der Waals surface area contributed by atoms with E-state index in [9.17, 15) is 14.4 Å². The maximum Gasteiger partial charge on any atom is 0.341 e. The van der Waals surface area contributed by atoms with E-state index in [4.69, 9.17) is 15.3 Å². The summed E-state index contributed by atoms with van der Waals surface area (Å²) in [4.78, 5) is 37.9. The molecule has 1 aliphatic rings. The first kappa shape index (κ1) is 21.8. The summed E-state index contributed by atoms with van der Waals surface area (Å²) in [5, 5.41) is 3.40. The predicted octanol–water partition coefficient (Wildman–Crippen LogP) is 2.81. The summed E-state index contributed by atoms with van der Waals surface area (Å²) >= 11 is 1.44. The Labute approximate surface area is 178 Å². The van der Waals surface area contributed by atoms with Gasteiger partial charge in [-0.05, 0) is 69.4 Å². The maximum absolute atomic E-state index is 12.8. The number of carbonyl (C=O) groups is 3. The molecule has 30 heavy (non-hydrogen) atoms. The van der Waals surface area contributed by atoms with Gasteiger partial charge in [-0.15, -0.1) is 11.3 Å². The molecule has 1 aromatic carbocycles. The van der Waals surface area contributed by atoms with Crippen molar-refractivity contribution in [2.24, 2.45) is 5.84 Å². The normalized spacial score (nSPS) is 13.7. The first-order valence-corrected chi connectivity index (χ1v) is 10.7. The average molecular weight is 432 g/mol. The zero-order valence-electron chi connectivity index (χ0n) is 16.9. The Bertz CT molecular complexity index is 939. The number of ether oxygens (including phenoxy) is 2. The summed E-state index contributed by atoms with van der Waals surface area (Å²) in [5.74, 6) is 4.33. The topological polar surface area (TPSA) is 120 Å². The molecule has 1 atom stereocenters. The van der Waals surface area contributed by atoms with Crippen LogP contribution in [0.1, 0.15) is 57.8 Å². The van der Waals surface area contributed by atoms with E-state index < -0.39 is 18.0 Å². The van der Waals surface area contributed by atoms with Gasteiger partial charge in [0, 0.05) is 10.4 Å². The number of hydrazine groups is 1. The molecule has 0 saturated heterocycles. The van der Waals surface area contributed by atoms with Crippen LogP contribution in [-0.2, 0) is 22.4 Å². The first-order chi connectivity index (χ1) is 14.4. The minimum Gasteiger partial charge on any atom is -0.481 e. The summed E-state index contributed by atoms with van der Waals surface area (Å²) in [5.41, 5.74) is 3.90. The highest BCUT2D eigenvalue weighted by atomic mass is 32.1. The van der Waals surface area contributed by atoms with E-state index in [1.54, 1.807) is 38.1 Å². The van der Waals surface area contributed by atoms with E-state index in [1.165, 1.54) is 11.3 Å². The van der Waals surface area contributed by atoms with Gasteiger partial charge in [0.15, 0.2) is 6.10 Å². The lowest BCUT2D eigenvalue weighted by Gasteiger charge is -2.13. The second-order valence-corrected chi connectivity index (χ2v) is 7.99. The number of aryl methyl sites for hydroxylation is 1. The molecule has 0 fully saturated rings. The third-order valence-corrected chi connectivity index (χ3v) is 6.03. The van der Waals surface area contributed by atoms with E-state index in [0.717, 1.165) is 36.1 Å². The molecule has 0 aliphatic heterocycles. The number of hydrogen-bond donors (Lipinski definition) is 3. The molecule has 1 aliphatic carbocycles. The number of benzene rings is 1. The van der Waals surface area contributed by atoms with Gasteiger partial charge in [-0.2, -0.15) is 0 Å². The Morgan fingerprint density at radius 2 is 1.87 bits per heavy atom. The van der Waals surface area contributed by atoms with E-state index in [0.29, 0.717) is 21.9 Å². The number of amides is 2. The minimum atomic E-state index is -0.765. The van der Waals surface area contributed by atoms with Crippen LogP contribution >= 0.6 is 11.3 Å². The number of carbonyl (C=O) groups excluding carboxylic acids is 3. The molecule has 1 aromatic heterocycles. The number of thiophene rings is 1. The monoisotopic (exact) mass is 431 g/mol. The smallest absolute Gasteiger partial charge is 0.341 e. The average Bonchev–Trinajstić information content (AvgIpc) is 3.11. The largest absolute Gasteiger partial charge is 0.481 e. The Kier molecular flexibility index (Phi) is 7.07. The molecule has 2 aromatic rings. The third kappa shape index (κ3) is 4.80. The number of nitrogens with two attached hydrogens (primary N) is 1. The van der Waals surface area contributed by atoms with Crippen molar-refractivity contribution in [3.63, 3.8) is 0 Å². The zero-order chi connectivity index (χ0) is 21.7. The second-order valence-electron chi connectivity index (χ2n) is 6.88. The highest BCUT2D eigenvalue weighted by molar-refractivity contribution is 7.17. The van der Waals surface area contributed by atoms with Crippen LogP contribution in [0.2, 0.25) is 0 Å². The molecular weight excluding hydrogens is 406 g/mol. The van der Waals surface area contributed by atoms with Gasteiger partial charge in [-0.1, -0.05) is 0 Å². The molecule has 0 saturated carbocycles. The van der Waals surface area contributed by atoms with Crippen LogP contribution in [0.25, 0.3) is 0 Å². The number of fused-ring (bicyclic) bond motifs is 1. The molecule has 4 N–H and O–H groups in total. The van der Waals surface area contributed by atoms with Gasteiger partial charge in [0.05, 0.1) is 12.2 Å². The quantitative estimate of drug-likeness (QED) is 0.268. The summed E-state index contributed by atoms with van der Waals surface area (Å²) < 4.78 is 10.7. The van der Waals surface area contributed by atoms with Crippen LogP contribution < -0.4 is 21.3 Å². The van der Waals surface area contributed by atoms with Crippen molar-refractivity contribution in [1.29, 1.82) is 0 Å². The Morgan fingerprint density at radius 3 is 2.53 bits per heavy atom. The summed E-state index contributed by atoms with van der Waals surface area (Å²) in [6, 6.07) is 6.38. The van der Waals surface area contributed by atoms with Gasteiger partial charge in [0.2, 0.25) is 0 Å². The molecule has 3 rings (SSSR count). The molecular formula is C21H25N3O5S. The second kappa shape index (κ2) is 9.73. The summed E-state index contributed by atoms with van der Waals surface area (Å²) in [6.45, 7) is 3.60. The Balaban J connectivity index is 1.76. The summed E-state index contributed by atoms with van der Waals surface area (Å²) in [6.07, 6.45) is 3.05. The molecule has 0 unspecified atom stereocenters. The van der Waals surface area contributed by atoms with E-state index in [1.807, 2.05) is 5.43 Å². The lowest BCUT2D eigenvalue weighted by Crippen LogP contribution is -2.40. The summed E-state index contributed by atoms with van der Waals surface area (Å²) in [7, 11) is 0. The van der Waals surface area contributed by atoms with Crippen molar-refractivity contribution in [2.75, 3.05) is 11.9 Å². The lowest BCUT2D eigenvalue weighted by atomic mass is 9.95. The standard InChI is InChI=1S/C21H25N3O5S/c1-3-28-21(27)17-15-6-4-5-7-16(15)30-20(17)23-19(26)13-8-10-14(11-9-13)29-12(2)18(25)24-22/h8-12H,3-7,22H2,1-2H3,(H,23,26)(H,24,25)/t12-/m1/s1. The van der Waals surface area contributed by atoms with Crippen LogP contribution in [-0.4, -0.2) is 30.5 Å². The molecule has 8 nitrogen and oxygen atoms in total. The number of anilines is 1. The Hall–Kier alpha value is -2.91. The van der Waals surface area contributed by atoms with E-state index >= 15 is 0 Å². The van der Waals surface area contributed by atoms with Gasteiger partial charge < -0.3 is 14.8 Å². The molecule has 1 heterocycles. The highest BCUT2D eigenvalue weighted by Crippen LogP contribution is 2.38. The van der Waals surface area contributed by atoms with Crippen molar-refractivity contribution >= 4 is 34.1 Å². The van der Waals surface area contributed by atoms with Crippen molar-refractivity contribution in [2.45, 2.75) is 45.6 Å². The van der Waals surface area contributed by atoms with Crippen LogP contribution in [0.15, 0.2) is 24.3 Å². The van der Waals surface area contributed by atoms with Crippen molar-refractivity contribution in [1.82, 2.24) is 5.43 Å². The Morgan fingerprint density at radius 1 is 1.17 bits per heavy atom. The van der Waals surface area contributed by atoms with E-state index in [-0.39, 0.29) is 12.5 Å². The third-order valence-electron chi connectivity index (χ3n) is 4.82. The van der Waals surface area contributed by atoms with Crippen molar-refractivity contribution in [3.05, 3.63) is 45.8 Å². The van der Waals surface area contributed by atoms with Gasteiger partial charge in [-0.25, -0.2) is 10.6 Å². The van der Waals surface area contributed by atoms with Gasteiger partial charge in [0.25, 0.3) is 11.8 Å². The fourth-order valence-electron chi connectivity index (χ4n) is 3.31. The van der Waals surface area contributed by atoms with Crippen LogP contribution in [0.4, 0.5) is 5.00 Å². The van der Waals surface area contributed by atoms with Gasteiger partial charge in [-0.3, -0.25) is 15.0 Å². The van der Waals surface area contributed by atoms with E-state index in [2.05, 4.69) is 5.32 Å². The fraction of sp³-hybridized carbons (Fsp3) is 0.381. The van der Waals surface area contributed by atoms with Crippen LogP contribution in [0.5, 0.6) is 5.75 Å². The number of rotatable bonds is 7. The first-order valence-electron chi connectivity index (χ1n) is 9.84. The zero-order valence-corrected chi connectivity index (χ0v) is 17.8. The SMILES string of the molecule is CCOC(=O)c1c(NC(=O)c2ccc(O[C@H](C)C(=O)NN)cc2)sc2c1CCCC2. The maximum atomic E-state index is 12.8. The number of esters is 1. The van der Waals surface area contributed by atoms with Crippen LogP contribution in [0.3, 0.4) is 0 Å². The molecule has 9 heteroatoms. The van der Waals surface area contributed by atoms with Crippen molar-refractivity contribution < 1.29 is 23.9 Å². The number of hydrogen-bond acceptors (Lipinski definition) is 7. The predicted molar refractivity (Wildman–Crippen MR) is 114 cm³/mol. The minimum absolute atomic E-state index is 0.277. The van der Waals surface area contributed by atoms with Gasteiger partial charge in [0.1, 0.15) is 10.8 Å². The fourth-order valence-corrected chi connectivity index (χ4v) is 4.58. The molecule has 0 spiro atoms. The molecule has 160 valence electrons. The molecule has 0 bridgehead atoms. The van der Waals surface area contributed by atoms with Gasteiger partial charge >= 0.3 is 5.97 Å².